The van der Waals surface area contributed by atoms with Gasteiger partial charge >= 0.3 is 0 Å². The van der Waals surface area contributed by atoms with Crippen LogP contribution in [0.3, 0.4) is 0 Å². The number of hydrogen-bond acceptors (Lipinski definition) is 4. The van der Waals surface area contributed by atoms with E-state index in [0.717, 1.165) is 30.2 Å². The first kappa shape index (κ1) is 22.0. The highest BCUT2D eigenvalue weighted by molar-refractivity contribution is 6.30. The van der Waals surface area contributed by atoms with Crippen molar-refractivity contribution in [3.8, 4) is 5.69 Å². The van der Waals surface area contributed by atoms with Gasteiger partial charge in [-0.3, -0.25) is 4.90 Å². The van der Waals surface area contributed by atoms with Crippen molar-refractivity contribution in [3.05, 3.63) is 143 Å². The van der Waals surface area contributed by atoms with Gasteiger partial charge in [-0.2, -0.15) is 4.68 Å². The summed E-state index contributed by atoms with van der Waals surface area (Å²) in [6.07, 6.45) is 0. The molecular weight excluding hydrogens is 442 g/mol. The van der Waals surface area contributed by atoms with E-state index >= 15 is 0 Å². The van der Waals surface area contributed by atoms with Gasteiger partial charge in [-0.15, -0.1) is 5.10 Å². The highest BCUT2D eigenvalue weighted by atomic mass is 35.5. The minimum absolute atomic E-state index is 0.174. The maximum absolute atomic E-state index is 6.13. The molecule has 34 heavy (non-hydrogen) atoms. The zero-order valence-corrected chi connectivity index (χ0v) is 19.3. The molecule has 5 aromatic rings. The van der Waals surface area contributed by atoms with Crippen molar-refractivity contribution in [1.82, 2.24) is 25.1 Å². The van der Waals surface area contributed by atoms with Gasteiger partial charge in [0.15, 0.2) is 5.82 Å². The van der Waals surface area contributed by atoms with Crippen LogP contribution < -0.4 is 0 Å². The summed E-state index contributed by atoms with van der Waals surface area (Å²) >= 11 is 6.13. The molecule has 0 saturated carbocycles. The van der Waals surface area contributed by atoms with E-state index in [9.17, 15) is 0 Å². The lowest BCUT2D eigenvalue weighted by Gasteiger charge is -2.31. The topological polar surface area (TPSA) is 46.8 Å². The molecule has 6 heteroatoms. The third-order valence-electron chi connectivity index (χ3n) is 5.75. The first-order chi connectivity index (χ1) is 16.8. The van der Waals surface area contributed by atoms with E-state index in [4.69, 9.17) is 11.6 Å². The Morgan fingerprint density at radius 2 is 1.21 bits per heavy atom. The van der Waals surface area contributed by atoms with E-state index in [1.165, 1.54) is 11.1 Å². The van der Waals surface area contributed by atoms with Gasteiger partial charge in [0.2, 0.25) is 0 Å². The van der Waals surface area contributed by atoms with Crippen molar-refractivity contribution >= 4 is 11.6 Å². The van der Waals surface area contributed by atoms with Crippen LogP contribution in [-0.4, -0.2) is 25.1 Å². The molecule has 5 rings (SSSR count). The molecule has 4 aromatic carbocycles. The molecule has 0 amide bonds. The Hall–Kier alpha value is -3.80. The summed E-state index contributed by atoms with van der Waals surface area (Å²) in [5.41, 5.74) is 4.44. The molecule has 1 unspecified atom stereocenters. The Morgan fingerprint density at radius 1 is 0.676 bits per heavy atom. The first-order valence-electron chi connectivity index (χ1n) is 11.2. The molecule has 1 atom stereocenters. The summed E-state index contributed by atoms with van der Waals surface area (Å²) < 4.78 is 1.80. The zero-order valence-electron chi connectivity index (χ0n) is 18.6. The monoisotopic (exact) mass is 465 g/mol. The van der Waals surface area contributed by atoms with E-state index in [1.54, 1.807) is 4.68 Å². The maximum Gasteiger partial charge on any atom is 0.178 e. The van der Waals surface area contributed by atoms with Gasteiger partial charge in [0, 0.05) is 18.1 Å². The van der Waals surface area contributed by atoms with Crippen LogP contribution in [0.5, 0.6) is 0 Å². The summed E-state index contributed by atoms with van der Waals surface area (Å²) in [4.78, 5) is 2.41. The molecule has 0 saturated heterocycles. The van der Waals surface area contributed by atoms with Crippen molar-refractivity contribution in [2.75, 3.05) is 0 Å². The normalized spacial score (nSPS) is 12.1. The SMILES string of the molecule is Clc1ccc(-n2nnnc2C(c2ccccc2)N(Cc2ccccc2)Cc2ccccc2)cc1. The number of tetrazole rings is 1. The Kier molecular flexibility index (Phi) is 6.75. The molecular formula is C28H24ClN5. The van der Waals surface area contributed by atoms with Crippen molar-refractivity contribution in [2.45, 2.75) is 19.1 Å². The maximum atomic E-state index is 6.13. The van der Waals surface area contributed by atoms with Gasteiger partial charge in [-0.1, -0.05) is 103 Å². The number of rotatable bonds is 8. The molecule has 1 aromatic heterocycles. The molecule has 0 bridgehead atoms. The van der Waals surface area contributed by atoms with Gasteiger partial charge in [0.25, 0.3) is 0 Å². The highest BCUT2D eigenvalue weighted by Crippen LogP contribution is 2.31. The van der Waals surface area contributed by atoms with E-state index in [0.29, 0.717) is 5.02 Å². The lowest BCUT2D eigenvalue weighted by Crippen LogP contribution is -2.31. The van der Waals surface area contributed by atoms with Crippen LogP contribution in [0, 0.1) is 0 Å². The number of hydrogen-bond donors (Lipinski definition) is 0. The van der Waals surface area contributed by atoms with Crippen LogP contribution in [0.15, 0.2) is 115 Å². The van der Waals surface area contributed by atoms with Gasteiger partial charge in [-0.05, 0) is 51.4 Å². The van der Waals surface area contributed by atoms with Crippen LogP contribution in [0.4, 0.5) is 0 Å². The van der Waals surface area contributed by atoms with E-state index < -0.39 is 0 Å². The fraction of sp³-hybridized carbons (Fsp3) is 0.107. The van der Waals surface area contributed by atoms with Crippen LogP contribution in [0.2, 0.25) is 5.02 Å². The number of nitrogens with zero attached hydrogens (tertiary/aromatic N) is 5. The van der Waals surface area contributed by atoms with E-state index in [-0.39, 0.29) is 6.04 Å². The Labute approximate surface area is 204 Å². The van der Waals surface area contributed by atoms with Gasteiger partial charge in [0.1, 0.15) is 0 Å². The zero-order chi connectivity index (χ0) is 23.2. The summed E-state index contributed by atoms with van der Waals surface area (Å²) in [5, 5.41) is 13.6. The second-order valence-electron chi connectivity index (χ2n) is 8.11. The molecule has 0 N–H and O–H groups in total. The summed E-state index contributed by atoms with van der Waals surface area (Å²) in [5.74, 6) is 0.750. The quantitative estimate of drug-likeness (QED) is 0.277. The second kappa shape index (κ2) is 10.4. The van der Waals surface area contributed by atoms with Crippen molar-refractivity contribution < 1.29 is 0 Å². The van der Waals surface area contributed by atoms with Crippen LogP contribution in [-0.2, 0) is 13.1 Å². The molecule has 168 valence electrons. The highest BCUT2D eigenvalue weighted by Gasteiger charge is 2.29. The Balaban J connectivity index is 1.62. The molecule has 0 radical (unpaired) electrons. The van der Waals surface area contributed by atoms with Gasteiger partial charge < -0.3 is 0 Å². The minimum atomic E-state index is -0.174. The predicted molar refractivity (Wildman–Crippen MR) is 135 cm³/mol. The van der Waals surface area contributed by atoms with Crippen molar-refractivity contribution in [1.29, 1.82) is 0 Å². The van der Waals surface area contributed by atoms with E-state index in [2.05, 4.69) is 93.2 Å². The molecule has 0 aliphatic heterocycles. The summed E-state index contributed by atoms with van der Waals surface area (Å²) in [6, 6.07) is 38.8. The molecule has 0 aliphatic rings. The number of benzene rings is 4. The van der Waals surface area contributed by atoms with E-state index in [1.807, 2.05) is 42.5 Å². The third-order valence-corrected chi connectivity index (χ3v) is 6.00. The Morgan fingerprint density at radius 3 is 1.76 bits per heavy atom. The lowest BCUT2D eigenvalue weighted by molar-refractivity contribution is 0.197. The fourth-order valence-electron chi connectivity index (χ4n) is 4.16. The average Bonchev–Trinajstić information content (AvgIpc) is 3.36. The summed E-state index contributed by atoms with van der Waals surface area (Å²) in [7, 11) is 0. The molecule has 1 heterocycles. The summed E-state index contributed by atoms with van der Waals surface area (Å²) in [6.45, 7) is 1.48. The van der Waals surface area contributed by atoms with Crippen LogP contribution in [0.1, 0.15) is 28.6 Å². The van der Waals surface area contributed by atoms with Crippen LogP contribution >= 0.6 is 11.6 Å². The second-order valence-corrected chi connectivity index (χ2v) is 8.55. The Bertz CT molecular complexity index is 1260. The average molecular weight is 466 g/mol. The molecule has 5 nitrogen and oxygen atoms in total. The molecule has 0 aliphatic carbocycles. The predicted octanol–water partition coefficient (Wildman–Crippen LogP) is 6.11. The largest absolute Gasteiger partial charge is 0.281 e. The van der Waals surface area contributed by atoms with Gasteiger partial charge in [0.05, 0.1) is 11.7 Å². The van der Waals surface area contributed by atoms with Crippen LogP contribution in [0.25, 0.3) is 5.69 Å². The van der Waals surface area contributed by atoms with Crippen molar-refractivity contribution in [2.24, 2.45) is 0 Å². The molecule has 0 fully saturated rings. The first-order valence-corrected chi connectivity index (χ1v) is 11.6. The molecule has 0 spiro atoms. The van der Waals surface area contributed by atoms with Gasteiger partial charge in [-0.25, -0.2) is 0 Å². The van der Waals surface area contributed by atoms with Crippen molar-refractivity contribution in [3.63, 3.8) is 0 Å². The number of aromatic nitrogens is 4. The lowest BCUT2D eigenvalue weighted by atomic mass is 10.0. The standard InChI is InChI=1S/C28H24ClN5/c29-25-16-18-26(19-17-25)34-28(30-31-32-34)27(24-14-8-3-9-15-24)33(20-22-10-4-1-5-11-22)21-23-12-6-2-7-13-23/h1-19,27H,20-21H2. The fourth-order valence-corrected chi connectivity index (χ4v) is 4.29. The number of halogens is 1. The minimum Gasteiger partial charge on any atom is -0.281 e. The smallest absolute Gasteiger partial charge is 0.178 e. The third kappa shape index (κ3) is 5.06.